The van der Waals surface area contributed by atoms with Crippen molar-refractivity contribution in [2.24, 2.45) is 0 Å². The summed E-state index contributed by atoms with van der Waals surface area (Å²) in [6, 6.07) is 12.2. The van der Waals surface area contributed by atoms with Crippen LogP contribution in [-0.4, -0.2) is 74.1 Å². The van der Waals surface area contributed by atoms with Gasteiger partial charge in [-0.05, 0) is 48.9 Å². The third-order valence-electron chi connectivity index (χ3n) is 5.76. The van der Waals surface area contributed by atoms with Gasteiger partial charge in [0.2, 0.25) is 0 Å². The zero-order valence-corrected chi connectivity index (χ0v) is 17.1. The number of anilines is 1. The van der Waals surface area contributed by atoms with E-state index in [1.807, 2.05) is 24.3 Å². The summed E-state index contributed by atoms with van der Waals surface area (Å²) in [6.45, 7) is 6.62. The zero-order valence-electron chi connectivity index (χ0n) is 17.1. The van der Waals surface area contributed by atoms with Crippen molar-refractivity contribution in [1.29, 1.82) is 0 Å². The lowest BCUT2D eigenvalue weighted by Gasteiger charge is -2.35. The summed E-state index contributed by atoms with van der Waals surface area (Å²) >= 11 is 0. The van der Waals surface area contributed by atoms with Gasteiger partial charge in [-0.2, -0.15) is 0 Å². The van der Waals surface area contributed by atoms with Gasteiger partial charge in [-0.3, -0.25) is 9.59 Å². The van der Waals surface area contributed by atoms with E-state index in [2.05, 4.69) is 4.90 Å². The molecule has 0 bridgehead atoms. The van der Waals surface area contributed by atoms with E-state index in [-0.39, 0.29) is 17.6 Å². The molecule has 4 rings (SSSR count). The van der Waals surface area contributed by atoms with E-state index in [9.17, 15) is 14.0 Å². The molecule has 2 aromatic carbocycles. The molecule has 6 nitrogen and oxygen atoms in total. The van der Waals surface area contributed by atoms with Crippen LogP contribution < -0.4 is 4.90 Å². The Bertz CT molecular complexity index is 918. The predicted octanol–water partition coefficient (Wildman–Crippen LogP) is 2.57. The van der Waals surface area contributed by atoms with Gasteiger partial charge in [-0.1, -0.05) is 6.07 Å². The highest BCUT2D eigenvalue weighted by atomic mass is 19.1. The smallest absolute Gasteiger partial charge is 0.254 e. The number of aryl methyl sites for hydroxylation is 1. The van der Waals surface area contributed by atoms with Crippen molar-refractivity contribution in [2.45, 2.75) is 6.92 Å². The highest BCUT2D eigenvalue weighted by Gasteiger charge is 2.26. The SMILES string of the molecule is Cc1ccc(C(=O)N2CCN(C(=O)c3ccc(N4CCOCC4)cc3)CC2)cc1F. The number of ether oxygens (including phenoxy) is 1. The van der Waals surface area contributed by atoms with Crippen molar-refractivity contribution in [3.05, 3.63) is 65.0 Å². The first-order chi connectivity index (χ1) is 14.5. The van der Waals surface area contributed by atoms with Crippen molar-refractivity contribution in [3.8, 4) is 0 Å². The lowest BCUT2D eigenvalue weighted by Crippen LogP contribution is -2.50. The molecule has 0 saturated carbocycles. The molecule has 0 aromatic heterocycles. The molecule has 2 saturated heterocycles. The molecule has 2 heterocycles. The lowest BCUT2D eigenvalue weighted by molar-refractivity contribution is 0.0535. The maximum absolute atomic E-state index is 13.8. The third-order valence-corrected chi connectivity index (χ3v) is 5.76. The van der Waals surface area contributed by atoms with Crippen molar-refractivity contribution in [1.82, 2.24) is 9.80 Å². The molecule has 158 valence electrons. The fraction of sp³-hybridized carbons (Fsp3) is 0.391. The molecule has 2 aliphatic rings. The molecule has 30 heavy (non-hydrogen) atoms. The Morgan fingerprint density at radius 1 is 0.800 bits per heavy atom. The van der Waals surface area contributed by atoms with E-state index >= 15 is 0 Å². The summed E-state index contributed by atoms with van der Waals surface area (Å²) in [5.74, 6) is -0.608. The Morgan fingerprint density at radius 2 is 1.33 bits per heavy atom. The molecule has 0 radical (unpaired) electrons. The number of carbonyl (C=O) groups excluding carboxylic acids is 2. The molecule has 0 atom stereocenters. The molecule has 2 amide bonds. The Labute approximate surface area is 175 Å². The number of hydrogen-bond acceptors (Lipinski definition) is 4. The van der Waals surface area contributed by atoms with E-state index in [0.717, 1.165) is 32.0 Å². The fourth-order valence-electron chi connectivity index (χ4n) is 3.84. The van der Waals surface area contributed by atoms with E-state index in [1.54, 1.807) is 28.9 Å². The average molecular weight is 411 g/mol. The summed E-state index contributed by atoms with van der Waals surface area (Å²) in [5.41, 5.74) is 2.60. The summed E-state index contributed by atoms with van der Waals surface area (Å²) in [6.07, 6.45) is 0. The largest absolute Gasteiger partial charge is 0.378 e. The second-order valence-electron chi connectivity index (χ2n) is 7.69. The normalized spacial score (nSPS) is 17.2. The van der Waals surface area contributed by atoms with Crippen LogP contribution in [0.3, 0.4) is 0 Å². The van der Waals surface area contributed by atoms with Crippen LogP contribution in [0.5, 0.6) is 0 Å². The number of rotatable bonds is 3. The van der Waals surface area contributed by atoms with Crippen LogP contribution in [0.2, 0.25) is 0 Å². The quantitative estimate of drug-likeness (QED) is 0.779. The van der Waals surface area contributed by atoms with Gasteiger partial charge < -0.3 is 19.4 Å². The van der Waals surface area contributed by atoms with Gasteiger partial charge in [0.25, 0.3) is 11.8 Å². The number of benzene rings is 2. The number of hydrogen-bond donors (Lipinski definition) is 0. The molecule has 0 unspecified atom stereocenters. The van der Waals surface area contributed by atoms with Gasteiger partial charge in [0.1, 0.15) is 5.82 Å². The minimum absolute atomic E-state index is 0.0305. The zero-order chi connectivity index (χ0) is 21.1. The van der Waals surface area contributed by atoms with Crippen LogP contribution in [-0.2, 0) is 4.74 Å². The second-order valence-corrected chi connectivity index (χ2v) is 7.69. The molecule has 0 N–H and O–H groups in total. The van der Waals surface area contributed by atoms with Crippen LogP contribution in [0.15, 0.2) is 42.5 Å². The summed E-state index contributed by atoms with van der Waals surface area (Å²) in [7, 11) is 0. The van der Waals surface area contributed by atoms with Crippen molar-refractivity contribution < 1.29 is 18.7 Å². The Hall–Kier alpha value is -2.93. The molecular weight excluding hydrogens is 385 g/mol. The maximum atomic E-state index is 13.8. The van der Waals surface area contributed by atoms with Gasteiger partial charge in [-0.25, -0.2) is 4.39 Å². The molecule has 2 aliphatic heterocycles. The molecule has 7 heteroatoms. The molecule has 0 aliphatic carbocycles. The predicted molar refractivity (Wildman–Crippen MR) is 112 cm³/mol. The summed E-state index contributed by atoms with van der Waals surface area (Å²) in [5, 5.41) is 0. The van der Waals surface area contributed by atoms with E-state index in [4.69, 9.17) is 4.74 Å². The van der Waals surface area contributed by atoms with Gasteiger partial charge in [-0.15, -0.1) is 0 Å². The van der Waals surface area contributed by atoms with Crippen LogP contribution in [0.25, 0.3) is 0 Å². The van der Waals surface area contributed by atoms with Gasteiger partial charge in [0, 0.05) is 56.1 Å². The minimum atomic E-state index is -0.379. The topological polar surface area (TPSA) is 53.1 Å². The number of halogens is 1. The van der Waals surface area contributed by atoms with Crippen molar-refractivity contribution >= 4 is 17.5 Å². The number of carbonyl (C=O) groups is 2. The van der Waals surface area contributed by atoms with Gasteiger partial charge >= 0.3 is 0 Å². The average Bonchev–Trinajstić information content (AvgIpc) is 2.81. The Kier molecular flexibility index (Phi) is 5.99. The second kappa shape index (κ2) is 8.83. The van der Waals surface area contributed by atoms with Crippen molar-refractivity contribution in [2.75, 3.05) is 57.4 Å². The van der Waals surface area contributed by atoms with E-state index in [0.29, 0.717) is 42.9 Å². The maximum Gasteiger partial charge on any atom is 0.254 e. The number of morpholine rings is 1. The van der Waals surface area contributed by atoms with Gasteiger partial charge in [0.15, 0.2) is 0 Å². The minimum Gasteiger partial charge on any atom is -0.378 e. The highest BCUT2D eigenvalue weighted by molar-refractivity contribution is 5.96. The number of piperazine rings is 1. The highest BCUT2D eigenvalue weighted by Crippen LogP contribution is 2.19. The first kappa shape index (κ1) is 20.3. The third kappa shape index (κ3) is 4.31. The van der Waals surface area contributed by atoms with Crippen LogP contribution >= 0.6 is 0 Å². The lowest BCUT2D eigenvalue weighted by atomic mass is 10.1. The standard InChI is InChI=1S/C23H26FN3O3/c1-17-2-3-19(16-21(17)24)23(29)27-10-8-26(9-11-27)22(28)18-4-6-20(7-5-18)25-12-14-30-15-13-25/h2-7,16H,8-15H2,1H3. The van der Waals surface area contributed by atoms with E-state index in [1.165, 1.54) is 6.07 Å². The number of amides is 2. The number of nitrogens with zero attached hydrogens (tertiary/aromatic N) is 3. The molecule has 2 aromatic rings. The fourth-order valence-corrected chi connectivity index (χ4v) is 3.84. The summed E-state index contributed by atoms with van der Waals surface area (Å²) < 4.78 is 19.2. The van der Waals surface area contributed by atoms with E-state index < -0.39 is 0 Å². The first-order valence-corrected chi connectivity index (χ1v) is 10.3. The Morgan fingerprint density at radius 3 is 1.90 bits per heavy atom. The van der Waals surface area contributed by atoms with Crippen LogP contribution in [0.1, 0.15) is 26.3 Å². The van der Waals surface area contributed by atoms with Gasteiger partial charge in [0.05, 0.1) is 13.2 Å². The first-order valence-electron chi connectivity index (χ1n) is 10.3. The van der Waals surface area contributed by atoms with Crippen molar-refractivity contribution in [3.63, 3.8) is 0 Å². The molecule has 0 spiro atoms. The Balaban J connectivity index is 1.34. The summed E-state index contributed by atoms with van der Waals surface area (Å²) in [4.78, 5) is 31.2. The molecular formula is C23H26FN3O3. The van der Waals surface area contributed by atoms with Crippen LogP contribution in [0, 0.1) is 12.7 Å². The monoisotopic (exact) mass is 411 g/mol. The molecule has 2 fully saturated rings. The van der Waals surface area contributed by atoms with Crippen LogP contribution in [0.4, 0.5) is 10.1 Å².